The first-order chi connectivity index (χ1) is 11.4. The lowest BCUT2D eigenvalue weighted by atomic mass is 10.3. The second-order valence-corrected chi connectivity index (χ2v) is 7.32. The predicted molar refractivity (Wildman–Crippen MR) is 94.5 cm³/mol. The van der Waals surface area contributed by atoms with Crippen LogP contribution < -0.4 is 0 Å². The molecule has 0 aliphatic rings. The number of pyridine rings is 1. The van der Waals surface area contributed by atoms with Gasteiger partial charge in [-0.05, 0) is 37.3 Å². The van der Waals surface area contributed by atoms with E-state index in [1.54, 1.807) is 55.5 Å². The minimum atomic E-state index is -3.79. The van der Waals surface area contributed by atoms with Crippen LogP contribution in [-0.4, -0.2) is 24.5 Å². The molecule has 0 unspecified atom stereocenters. The zero-order valence-electron chi connectivity index (χ0n) is 13.1. The van der Waals surface area contributed by atoms with Gasteiger partial charge in [0.05, 0.1) is 29.5 Å². The Kier molecular flexibility index (Phi) is 4.34. The fourth-order valence-electron chi connectivity index (χ4n) is 2.50. The van der Waals surface area contributed by atoms with E-state index in [4.69, 9.17) is 16.3 Å². The van der Waals surface area contributed by atoms with Crippen LogP contribution in [0.4, 0.5) is 0 Å². The quantitative estimate of drug-likeness (QED) is 0.522. The molecule has 3 aromatic rings. The highest BCUT2D eigenvalue weighted by Crippen LogP contribution is 2.30. The highest BCUT2D eigenvalue weighted by Gasteiger charge is 2.23. The van der Waals surface area contributed by atoms with Gasteiger partial charge in [0, 0.05) is 11.1 Å². The van der Waals surface area contributed by atoms with E-state index < -0.39 is 10.0 Å². The number of rotatable bonds is 4. The number of hydrogen-bond donors (Lipinski definition) is 0. The summed E-state index contributed by atoms with van der Waals surface area (Å²) in [5.74, 6) is 0. The smallest absolute Gasteiger partial charge is 0.268 e. The van der Waals surface area contributed by atoms with Crippen molar-refractivity contribution >= 4 is 38.6 Å². The SMILES string of the molecule is CO/C=C/c1cc2c(Cl)nc(C)cc2n1S(=O)(=O)c1ccccc1. The first-order valence-corrected chi connectivity index (χ1v) is 8.95. The second-order valence-electron chi connectivity index (χ2n) is 5.18. The lowest BCUT2D eigenvalue weighted by Gasteiger charge is -2.10. The summed E-state index contributed by atoms with van der Waals surface area (Å²) in [7, 11) is -2.30. The highest BCUT2D eigenvalue weighted by molar-refractivity contribution is 7.90. The zero-order chi connectivity index (χ0) is 17.3. The third kappa shape index (κ3) is 2.79. The van der Waals surface area contributed by atoms with Crippen LogP contribution >= 0.6 is 11.6 Å². The Morgan fingerprint density at radius 2 is 1.92 bits per heavy atom. The van der Waals surface area contributed by atoms with E-state index in [0.29, 0.717) is 22.3 Å². The second kappa shape index (κ2) is 6.30. The van der Waals surface area contributed by atoms with Crippen molar-refractivity contribution in [3.63, 3.8) is 0 Å². The maximum atomic E-state index is 13.1. The molecule has 0 spiro atoms. The minimum Gasteiger partial charge on any atom is -0.504 e. The molecule has 2 aromatic heterocycles. The summed E-state index contributed by atoms with van der Waals surface area (Å²) in [6, 6.07) is 11.6. The Morgan fingerprint density at radius 3 is 2.58 bits per heavy atom. The van der Waals surface area contributed by atoms with Gasteiger partial charge in [0.25, 0.3) is 10.0 Å². The lowest BCUT2D eigenvalue weighted by molar-refractivity contribution is 0.341. The number of aromatic nitrogens is 2. The summed E-state index contributed by atoms with van der Waals surface area (Å²) in [6.45, 7) is 1.77. The van der Waals surface area contributed by atoms with Crippen LogP contribution in [0.25, 0.3) is 17.0 Å². The molecule has 1 aromatic carbocycles. The monoisotopic (exact) mass is 362 g/mol. The molecule has 0 N–H and O–H groups in total. The van der Waals surface area contributed by atoms with Gasteiger partial charge in [-0.25, -0.2) is 17.4 Å². The standard InChI is InChI=1S/C17H15ClN2O3S/c1-12-10-16-15(17(18)19-12)11-13(8-9-23-2)20(16)24(21,22)14-6-4-3-5-7-14/h3-11H,1-2H3/b9-8+. The number of fused-ring (bicyclic) bond motifs is 1. The molecular weight excluding hydrogens is 348 g/mol. The maximum absolute atomic E-state index is 13.1. The van der Waals surface area contributed by atoms with Crippen LogP contribution in [0.2, 0.25) is 5.15 Å². The van der Waals surface area contributed by atoms with E-state index >= 15 is 0 Å². The molecule has 0 atom stereocenters. The predicted octanol–water partition coefficient (Wildman–Crippen LogP) is 3.85. The van der Waals surface area contributed by atoms with E-state index in [0.717, 1.165) is 0 Å². The van der Waals surface area contributed by atoms with Crippen molar-refractivity contribution in [2.24, 2.45) is 0 Å². The summed E-state index contributed by atoms with van der Waals surface area (Å²) in [5, 5.41) is 0.830. The number of benzene rings is 1. The minimum absolute atomic E-state index is 0.195. The molecule has 0 saturated carbocycles. The number of nitrogens with zero attached hydrogens (tertiary/aromatic N) is 2. The number of hydrogen-bond acceptors (Lipinski definition) is 4. The Labute approximate surface area is 145 Å². The van der Waals surface area contributed by atoms with Crippen molar-refractivity contribution in [1.29, 1.82) is 0 Å². The van der Waals surface area contributed by atoms with Gasteiger partial charge < -0.3 is 4.74 Å². The van der Waals surface area contributed by atoms with Crippen LogP contribution in [-0.2, 0) is 14.8 Å². The third-order valence-electron chi connectivity index (χ3n) is 3.52. The van der Waals surface area contributed by atoms with E-state index in [2.05, 4.69) is 4.98 Å². The van der Waals surface area contributed by atoms with Crippen LogP contribution in [0.1, 0.15) is 11.4 Å². The Hall–Kier alpha value is -2.31. The van der Waals surface area contributed by atoms with Gasteiger partial charge in [-0.1, -0.05) is 29.8 Å². The summed E-state index contributed by atoms with van der Waals surface area (Å²) in [4.78, 5) is 4.39. The fraction of sp³-hybridized carbons (Fsp3) is 0.118. The van der Waals surface area contributed by atoms with Gasteiger partial charge in [-0.3, -0.25) is 0 Å². The number of aryl methyl sites for hydroxylation is 1. The van der Waals surface area contributed by atoms with Crippen LogP contribution in [0.5, 0.6) is 0 Å². The average Bonchev–Trinajstić information content (AvgIpc) is 2.93. The van der Waals surface area contributed by atoms with E-state index in [-0.39, 0.29) is 10.0 Å². The first kappa shape index (κ1) is 16.5. The molecule has 24 heavy (non-hydrogen) atoms. The largest absolute Gasteiger partial charge is 0.504 e. The zero-order valence-corrected chi connectivity index (χ0v) is 14.7. The Bertz CT molecular complexity index is 1020. The molecule has 0 amide bonds. The molecule has 124 valence electrons. The summed E-state index contributed by atoms with van der Waals surface area (Å²) in [6.07, 6.45) is 2.99. The molecule has 2 heterocycles. The molecule has 0 bridgehead atoms. The number of ether oxygens (including phenoxy) is 1. The van der Waals surface area contributed by atoms with E-state index in [1.807, 2.05) is 0 Å². The molecule has 0 aliphatic carbocycles. The third-order valence-corrected chi connectivity index (χ3v) is 5.56. The Morgan fingerprint density at radius 1 is 1.21 bits per heavy atom. The van der Waals surface area contributed by atoms with Gasteiger partial charge in [0.2, 0.25) is 0 Å². The highest BCUT2D eigenvalue weighted by atomic mass is 35.5. The van der Waals surface area contributed by atoms with Gasteiger partial charge >= 0.3 is 0 Å². The van der Waals surface area contributed by atoms with E-state index in [1.165, 1.54) is 17.3 Å². The summed E-state index contributed by atoms with van der Waals surface area (Å²) >= 11 is 6.20. The molecular formula is C17H15ClN2O3S. The average molecular weight is 363 g/mol. The van der Waals surface area contributed by atoms with Gasteiger partial charge in [-0.2, -0.15) is 0 Å². The van der Waals surface area contributed by atoms with Crippen molar-refractivity contribution < 1.29 is 13.2 Å². The van der Waals surface area contributed by atoms with Gasteiger partial charge in [0.15, 0.2) is 0 Å². The van der Waals surface area contributed by atoms with Gasteiger partial charge in [-0.15, -0.1) is 0 Å². The molecule has 7 heteroatoms. The summed E-state index contributed by atoms with van der Waals surface area (Å²) in [5.41, 5.74) is 1.55. The molecule has 0 aliphatic heterocycles. The first-order valence-electron chi connectivity index (χ1n) is 7.13. The normalized spacial score (nSPS) is 12.1. The summed E-state index contributed by atoms with van der Waals surface area (Å²) < 4.78 is 32.5. The van der Waals surface area contributed by atoms with Crippen LogP contribution in [0.3, 0.4) is 0 Å². The van der Waals surface area contributed by atoms with Crippen LogP contribution in [0, 0.1) is 6.92 Å². The topological polar surface area (TPSA) is 61.2 Å². The fourth-order valence-corrected chi connectivity index (χ4v) is 4.29. The molecule has 0 radical (unpaired) electrons. The Balaban J connectivity index is 2.39. The number of methoxy groups -OCH3 is 1. The van der Waals surface area contributed by atoms with Crippen molar-refractivity contribution in [2.75, 3.05) is 7.11 Å². The van der Waals surface area contributed by atoms with Gasteiger partial charge in [0.1, 0.15) is 5.15 Å². The molecule has 5 nitrogen and oxygen atoms in total. The molecule has 0 saturated heterocycles. The van der Waals surface area contributed by atoms with Crippen molar-refractivity contribution in [3.05, 3.63) is 65.3 Å². The maximum Gasteiger partial charge on any atom is 0.268 e. The number of halogens is 1. The van der Waals surface area contributed by atoms with Crippen LogP contribution in [0.15, 0.2) is 53.6 Å². The van der Waals surface area contributed by atoms with Crippen molar-refractivity contribution in [1.82, 2.24) is 8.96 Å². The van der Waals surface area contributed by atoms with Crippen molar-refractivity contribution in [2.45, 2.75) is 11.8 Å². The lowest BCUT2D eigenvalue weighted by Crippen LogP contribution is -2.14. The van der Waals surface area contributed by atoms with Crippen molar-refractivity contribution in [3.8, 4) is 0 Å². The molecule has 3 rings (SSSR count). The molecule has 0 fully saturated rings. The van der Waals surface area contributed by atoms with E-state index in [9.17, 15) is 8.42 Å².